The third-order valence-corrected chi connectivity index (χ3v) is 2.93. The Bertz CT molecular complexity index is 677. The molecule has 0 aliphatic heterocycles. The summed E-state index contributed by atoms with van der Waals surface area (Å²) in [6.07, 6.45) is 6.41. The summed E-state index contributed by atoms with van der Waals surface area (Å²) in [6.45, 7) is 4.38. The molecule has 0 spiro atoms. The summed E-state index contributed by atoms with van der Waals surface area (Å²) in [5.74, 6) is 0. The van der Waals surface area contributed by atoms with E-state index in [4.69, 9.17) is 0 Å². The van der Waals surface area contributed by atoms with Gasteiger partial charge in [-0.3, -0.25) is 14.3 Å². The van der Waals surface area contributed by atoms with Gasteiger partial charge in [-0.05, 0) is 19.3 Å². The Morgan fingerprint density at radius 3 is 2.94 bits per heavy atom. The van der Waals surface area contributed by atoms with Crippen molar-refractivity contribution in [1.82, 2.24) is 19.1 Å². The van der Waals surface area contributed by atoms with Crippen molar-refractivity contribution in [3.05, 3.63) is 39.8 Å². The number of hydrogen-bond acceptors (Lipinski definition) is 3. The highest BCUT2D eigenvalue weighted by molar-refractivity contribution is 5.69. The van der Waals surface area contributed by atoms with E-state index in [0.717, 1.165) is 19.3 Å². The van der Waals surface area contributed by atoms with Crippen molar-refractivity contribution in [2.45, 2.75) is 25.8 Å². The number of imidazole rings is 1. The van der Waals surface area contributed by atoms with Gasteiger partial charge in [-0.15, -0.1) is 6.58 Å². The molecule has 2 aromatic heterocycles. The molecule has 0 amide bonds. The Kier molecular flexibility index (Phi) is 3.45. The molecule has 2 aromatic rings. The van der Waals surface area contributed by atoms with Gasteiger partial charge in [-0.1, -0.05) is 6.08 Å². The van der Waals surface area contributed by atoms with E-state index >= 15 is 0 Å². The number of aromatic nitrogens is 4. The van der Waals surface area contributed by atoms with Gasteiger partial charge in [0.05, 0.1) is 6.33 Å². The van der Waals surface area contributed by atoms with Crippen molar-refractivity contribution < 1.29 is 0 Å². The van der Waals surface area contributed by atoms with E-state index in [0.29, 0.717) is 17.7 Å². The van der Waals surface area contributed by atoms with E-state index in [9.17, 15) is 9.59 Å². The van der Waals surface area contributed by atoms with Crippen LogP contribution < -0.4 is 11.2 Å². The van der Waals surface area contributed by atoms with Crippen LogP contribution in [-0.4, -0.2) is 19.1 Å². The number of hydrogen-bond donors (Lipinski definition) is 1. The van der Waals surface area contributed by atoms with E-state index in [2.05, 4.69) is 16.5 Å². The zero-order valence-corrected chi connectivity index (χ0v) is 10.3. The number of fused-ring (bicyclic) bond motifs is 1. The number of nitrogens with one attached hydrogen (secondary N) is 1. The lowest BCUT2D eigenvalue weighted by atomic mass is 10.2. The highest BCUT2D eigenvalue weighted by Crippen LogP contribution is 2.07. The summed E-state index contributed by atoms with van der Waals surface area (Å²) in [6, 6.07) is 0. The highest BCUT2D eigenvalue weighted by Gasteiger charge is 2.10. The summed E-state index contributed by atoms with van der Waals surface area (Å²) in [7, 11) is 1.59. The molecule has 0 bridgehead atoms. The summed E-state index contributed by atoms with van der Waals surface area (Å²) < 4.78 is 3.13. The third kappa shape index (κ3) is 2.13. The van der Waals surface area contributed by atoms with Crippen molar-refractivity contribution in [3.63, 3.8) is 0 Å². The number of rotatable bonds is 5. The monoisotopic (exact) mass is 248 g/mol. The predicted octanol–water partition coefficient (Wildman–Crippen LogP) is 0.780. The molecule has 0 aliphatic carbocycles. The lowest BCUT2D eigenvalue weighted by Crippen LogP contribution is -2.29. The summed E-state index contributed by atoms with van der Waals surface area (Å²) in [4.78, 5) is 29.6. The lowest BCUT2D eigenvalue weighted by molar-refractivity contribution is 0.624. The number of aromatic amines is 1. The minimum atomic E-state index is -0.440. The maximum absolute atomic E-state index is 11.8. The second-order valence-corrected chi connectivity index (χ2v) is 4.21. The normalized spacial score (nSPS) is 10.9. The Morgan fingerprint density at radius 2 is 2.22 bits per heavy atom. The molecule has 2 rings (SSSR count). The summed E-state index contributed by atoms with van der Waals surface area (Å²) in [5.41, 5.74) is 0.0573. The van der Waals surface area contributed by atoms with Crippen LogP contribution in [0, 0.1) is 0 Å². The molecule has 0 aromatic carbocycles. The Morgan fingerprint density at radius 1 is 1.44 bits per heavy atom. The third-order valence-electron chi connectivity index (χ3n) is 2.93. The molecule has 0 saturated heterocycles. The fraction of sp³-hybridized carbons (Fsp3) is 0.417. The van der Waals surface area contributed by atoms with Crippen molar-refractivity contribution in [3.8, 4) is 0 Å². The van der Waals surface area contributed by atoms with Crippen LogP contribution in [0.5, 0.6) is 0 Å². The average molecular weight is 248 g/mol. The fourth-order valence-electron chi connectivity index (χ4n) is 1.93. The molecule has 6 nitrogen and oxygen atoms in total. The van der Waals surface area contributed by atoms with Crippen molar-refractivity contribution in [2.24, 2.45) is 7.05 Å². The van der Waals surface area contributed by atoms with Crippen molar-refractivity contribution >= 4 is 11.2 Å². The first-order chi connectivity index (χ1) is 8.65. The molecule has 2 heterocycles. The first kappa shape index (κ1) is 12.3. The molecule has 6 heteroatoms. The van der Waals surface area contributed by atoms with Crippen LogP contribution in [0.25, 0.3) is 11.2 Å². The SMILES string of the molecule is C=CCCCCn1cnc2c1c(=O)[nH]c(=O)n2C. The van der Waals surface area contributed by atoms with Crippen molar-refractivity contribution in [1.29, 1.82) is 0 Å². The second-order valence-electron chi connectivity index (χ2n) is 4.21. The quantitative estimate of drug-likeness (QED) is 0.627. The van der Waals surface area contributed by atoms with Gasteiger partial charge in [0.1, 0.15) is 0 Å². The molecule has 0 fully saturated rings. The number of H-pyrrole nitrogens is 1. The van der Waals surface area contributed by atoms with E-state index in [1.54, 1.807) is 17.9 Å². The van der Waals surface area contributed by atoms with E-state index < -0.39 is 5.69 Å². The minimum Gasteiger partial charge on any atom is -0.325 e. The van der Waals surface area contributed by atoms with Gasteiger partial charge >= 0.3 is 5.69 Å². The molecule has 0 saturated carbocycles. The maximum Gasteiger partial charge on any atom is 0.329 e. The highest BCUT2D eigenvalue weighted by atomic mass is 16.2. The molecular formula is C12H16N4O2. The first-order valence-electron chi connectivity index (χ1n) is 5.90. The maximum atomic E-state index is 11.8. The number of allylic oxidation sites excluding steroid dienone is 1. The standard InChI is InChI=1S/C12H16N4O2/c1-3-4-5-6-7-16-8-13-10-9(16)11(17)14-12(18)15(10)2/h3,8H,1,4-7H2,2H3,(H,14,17,18). The first-order valence-corrected chi connectivity index (χ1v) is 5.90. The number of nitrogens with zero attached hydrogens (tertiary/aromatic N) is 3. The molecule has 1 N–H and O–H groups in total. The Labute approximate surface area is 104 Å². The molecular weight excluding hydrogens is 232 g/mol. The number of unbranched alkanes of at least 4 members (excludes halogenated alkanes) is 2. The van der Waals surface area contributed by atoms with Crippen LogP contribution >= 0.6 is 0 Å². The minimum absolute atomic E-state index is 0.380. The van der Waals surface area contributed by atoms with Gasteiger partial charge in [0.25, 0.3) is 5.56 Å². The lowest BCUT2D eigenvalue weighted by Gasteiger charge is -2.03. The zero-order chi connectivity index (χ0) is 13.1. The molecule has 18 heavy (non-hydrogen) atoms. The molecule has 0 aliphatic rings. The molecule has 0 unspecified atom stereocenters. The van der Waals surface area contributed by atoms with Crippen LogP contribution in [0.1, 0.15) is 19.3 Å². The Hall–Kier alpha value is -2.11. The smallest absolute Gasteiger partial charge is 0.325 e. The molecule has 96 valence electrons. The van der Waals surface area contributed by atoms with Crippen LogP contribution in [0.15, 0.2) is 28.6 Å². The zero-order valence-electron chi connectivity index (χ0n) is 10.3. The molecule has 0 radical (unpaired) electrons. The number of aryl methyl sites for hydroxylation is 2. The van der Waals surface area contributed by atoms with Gasteiger partial charge < -0.3 is 4.57 Å². The second kappa shape index (κ2) is 5.03. The largest absolute Gasteiger partial charge is 0.329 e. The predicted molar refractivity (Wildman–Crippen MR) is 69.6 cm³/mol. The van der Waals surface area contributed by atoms with E-state index in [1.807, 2.05) is 6.08 Å². The van der Waals surface area contributed by atoms with Crippen LogP contribution in [0.2, 0.25) is 0 Å². The summed E-state index contributed by atoms with van der Waals surface area (Å²) >= 11 is 0. The van der Waals surface area contributed by atoms with Crippen LogP contribution in [0.3, 0.4) is 0 Å². The topological polar surface area (TPSA) is 72.7 Å². The van der Waals surface area contributed by atoms with Gasteiger partial charge in [0.2, 0.25) is 0 Å². The van der Waals surface area contributed by atoms with Gasteiger partial charge in [-0.25, -0.2) is 9.78 Å². The van der Waals surface area contributed by atoms with E-state index in [1.165, 1.54) is 4.57 Å². The van der Waals surface area contributed by atoms with Gasteiger partial charge in [-0.2, -0.15) is 0 Å². The average Bonchev–Trinajstić information content (AvgIpc) is 2.76. The fourth-order valence-corrected chi connectivity index (χ4v) is 1.93. The molecule has 0 atom stereocenters. The van der Waals surface area contributed by atoms with E-state index in [-0.39, 0.29) is 5.56 Å². The van der Waals surface area contributed by atoms with Gasteiger partial charge in [0, 0.05) is 13.6 Å². The van der Waals surface area contributed by atoms with Crippen LogP contribution in [-0.2, 0) is 13.6 Å². The van der Waals surface area contributed by atoms with Gasteiger partial charge in [0.15, 0.2) is 11.2 Å². The van der Waals surface area contributed by atoms with Crippen LogP contribution in [0.4, 0.5) is 0 Å². The Balaban J connectivity index is 2.36. The summed E-state index contributed by atoms with van der Waals surface area (Å²) in [5, 5.41) is 0. The van der Waals surface area contributed by atoms with Crippen molar-refractivity contribution in [2.75, 3.05) is 0 Å².